The van der Waals surface area contributed by atoms with Gasteiger partial charge >= 0.3 is 0 Å². The minimum Gasteiger partial charge on any atom is -0.326 e. The van der Waals surface area contributed by atoms with Crippen molar-refractivity contribution in [3.05, 3.63) is 41.1 Å². The lowest BCUT2D eigenvalue weighted by molar-refractivity contribution is 0.739. The Kier molecular flexibility index (Phi) is 3.62. The van der Waals surface area contributed by atoms with Crippen LogP contribution >= 0.6 is 0 Å². The van der Waals surface area contributed by atoms with Crippen molar-refractivity contribution in [1.29, 1.82) is 0 Å². The molecule has 2 heterocycles. The van der Waals surface area contributed by atoms with Crippen molar-refractivity contribution in [3.8, 4) is 5.82 Å². The molecule has 2 aromatic heterocycles. The smallest absolute Gasteiger partial charge is 0.182 e. The Morgan fingerprint density at radius 2 is 1.81 bits per heavy atom. The summed E-state index contributed by atoms with van der Waals surface area (Å²) >= 11 is 0. The standard InChI is InChI=1S/C15H18N6/c1-3-10-11(9-16)15(19-17-12(10)4-2)21-14-8-6-5-7-13(14)18-20-21/h5-8H,3-4,9,16H2,1-2H3. The molecule has 0 saturated carbocycles. The molecule has 3 rings (SSSR count). The summed E-state index contributed by atoms with van der Waals surface area (Å²) in [5, 5.41) is 17.1. The molecule has 0 fully saturated rings. The third-order valence-electron chi connectivity index (χ3n) is 3.69. The third kappa shape index (κ3) is 2.17. The summed E-state index contributed by atoms with van der Waals surface area (Å²) in [5.74, 6) is 0.681. The number of fused-ring (bicyclic) bond motifs is 1. The fourth-order valence-corrected chi connectivity index (χ4v) is 2.65. The van der Waals surface area contributed by atoms with Gasteiger partial charge in [0.25, 0.3) is 0 Å². The lowest BCUT2D eigenvalue weighted by Gasteiger charge is -2.13. The maximum atomic E-state index is 5.97. The molecular formula is C15H18N6. The zero-order chi connectivity index (χ0) is 14.8. The van der Waals surface area contributed by atoms with E-state index >= 15 is 0 Å². The van der Waals surface area contributed by atoms with E-state index in [0.29, 0.717) is 12.4 Å². The van der Waals surface area contributed by atoms with Gasteiger partial charge in [-0.25, -0.2) is 0 Å². The minimum absolute atomic E-state index is 0.412. The van der Waals surface area contributed by atoms with Crippen LogP contribution in [0.25, 0.3) is 16.9 Å². The molecule has 0 unspecified atom stereocenters. The molecule has 0 radical (unpaired) electrons. The fraction of sp³-hybridized carbons (Fsp3) is 0.333. The van der Waals surface area contributed by atoms with Crippen LogP contribution in [0.1, 0.15) is 30.7 Å². The van der Waals surface area contributed by atoms with Crippen LogP contribution in [0.5, 0.6) is 0 Å². The molecule has 2 N–H and O–H groups in total. The number of hydrogen-bond acceptors (Lipinski definition) is 5. The summed E-state index contributed by atoms with van der Waals surface area (Å²) in [6, 6.07) is 7.79. The number of nitrogens with zero attached hydrogens (tertiary/aromatic N) is 5. The maximum Gasteiger partial charge on any atom is 0.182 e. The van der Waals surface area contributed by atoms with Gasteiger partial charge in [-0.15, -0.1) is 10.2 Å². The number of rotatable bonds is 4. The Hall–Kier alpha value is -2.34. The van der Waals surface area contributed by atoms with Crippen molar-refractivity contribution in [1.82, 2.24) is 25.2 Å². The van der Waals surface area contributed by atoms with Gasteiger partial charge in [-0.3, -0.25) is 0 Å². The Labute approximate surface area is 123 Å². The maximum absolute atomic E-state index is 5.97. The Bertz CT molecular complexity index is 777. The second-order valence-electron chi connectivity index (χ2n) is 4.83. The highest BCUT2D eigenvalue weighted by Crippen LogP contribution is 2.22. The SMILES string of the molecule is CCc1nnc(-n2nnc3ccccc32)c(CN)c1CC. The van der Waals surface area contributed by atoms with Gasteiger partial charge in [0.1, 0.15) is 5.52 Å². The zero-order valence-electron chi connectivity index (χ0n) is 12.2. The summed E-state index contributed by atoms with van der Waals surface area (Å²) < 4.78 is 1.73. The van der Waals surface area contributed by atoms with Crippen LogP contribution in [0.2, 0.25) is 0 Å². The molecule has 108 valence electrons. The normalized spacial score (nSPS) is 11.2. The summed E-state index contributed by atoms with van der Waals surface area (Å²) in [7, 11) is 0. The number of benzene rings is 1. The van der Waals surface area contributed by atoms with Gasteiger partial charge < -0.3 is 5.73 Å². The van der Waals surface area contributed by atoms with Crippen LogP contribution in [-0.2, 0) is 19.4 Å². The summed E-state index contributed by atoms with van der Waals surface area (Å²) in [6.07, 6.45) is 1.73. The van der Waals surface area contributed by atoms with Crippen LogP contribution in [-0.4, -0.2) is 25.2 Å². The fourth-order valence-electron chi connectivity index (χ4n) is 2.65. The molecule has 0 aliphatic rings. The molecule has 0 aliphatic heterocycles. The second-order valence-corrected chi connectivity index (χ2v) is 4.83. The van der Waals surface area contributed by atoms with E-state index in [0.717, 1.165) is 35.1 Å². The van der Waals surface area contributed by atoms with Crippen molar-refractivity contribution < 1.29 is 0 Å². The van der Waals surface area contributed by atoms with Gasteiger partial charge in [-0.2, -0.15) is 9.78 Å². The van der Waals surface area contributed by atoms with E-state index in [1.165, 1.54) is 5.56 Å². The highest BCUT2D eigenvalue weighted by molar-refractivity contribution is 5.75. The van der Waals surface area contributed by atoms with Gasteiger partial charge in [-0.1, -0.05) is 31.2 Å². The quantitative estimate of drug-likeness (QED) is 0.789. The van der Waals surface area contributed by atoms with E-state index in [1.54, 1.807) is 4.68 Å². The van der Waals surface area contributed by atoms with E-state index in [4.69, 9.17) is 5.73 Å². The molecule has 1 aromatic carbocycles. The molecule has 6 nitrogen and oxygen atoms in total. The number of para-hydroxylation sites is 1. The van der Waals surface area contributed by atoms with Gasteiger partial charge in [0.15, 0.2) is 5.82 Å². The minimum atomic E-state index is 0.412. The second kappa shape index (κ2) is 5.57. The number of aromatic nitrogens is 5. The van der Waals surface area contributed by atoms with Crippen molar-refractivity contribution in [2.24, 2.45) is 5.73 Å². The molecule has 0 amide bonds. The van der Waals surface area contributed by atoms with Crippen molar-refractivity contribution in [2.45, 2.75) is 33.2 Å². The predicted octanol–water partition coefficient (Wildman–Crippen LogP) is 1.79. The van der Waals surface area contributed by atoms with Gasteiger partial charge in [0.05, 0.1) is 11.2 Å². The molecule has 6 heteroatoms. The van der Waals surface area contributed by atoms with Crippen LogP contribution in [0.3, 0.4) is 0 Å². The number of hydrogen-bond donors (Lipinski definition) is 1. The molecule has 0 saturated heterocycles. The summed E-state index contributed by atoms with van der Waals surface area (Å²) in [6.45, 7) is 4.60. The van der Waals surface area contributed by atoms with E-state index in [1.807, 2.05) is 24.3 Å². The van der Waals surface area contributed by atoms with Gasteiger partial charge in [-0.05, 0) is 30.5 Å². The lowest BCUT2D eigenvalue weighted by atomic mass is 10.0. The number of nitrogens with two attached hydrogens (primary N) is 1. The van der Waals surface area contributed by atoms with Crippen LogP contribution < -0.4 is 5.73 Å². The molecule has 0 atom stereocenters. The van der Waals surface area contributed by atoms with Crippen LogP contribution in [0.4, 0.5) is 0 Å². The first-order valence-corrected chi connectivity index (χ1v) is 7.18. The largest absolute Gasteiger partial charge is 0.326 e. The van der Waals surface area contributed by atoms with E-state index in [2.05, 4.69) is 34.4 Å². The summed E-state index contributed by atoms with van der Waals surface area (Å²) in [5.41, 5.74) is 10.9. The Balaban J connectivity index is 2.27. The van der Waals surface area contributed by atoms with E-state index in [-0.39, 0.29) is 0 Å². The molecule has 0 aliphatic carbocycles. The lowest BCUT2D eigenvalue weighted by Crippen LogP contribution is -2.15. The van der Waals surface area contributed by atoms with Crippen molar-refractivity contribution in [3.63, 3.8) is 0 Å². The first-order chi connectivity index (χ1) is 10.3. The van der Waals surface area contributed by atoms with E-state index < -0.39 is 0 Å². The zero-order valence-corrected chi connectivity index (χ0v) is 12.2. The highest BCUT2D eigenvalue weighted by Gasteiger charge is 2.17. The highest BCUT2D eigenvalue weighted by atomic mass is 15.5. The van der Waals surface area contributed by atoms with Gasteiger partial charge in [0, 0.05) is 12.1 Å². The third-order valence-corrected chi connectivity index (χ3v) is 3.69. The topological polar surface area (TPSA) is 82.5 Å². The average molecular weight is 282 g/mol. The molecular weight excluding hydrogens is 264 g/mol. The van der Waals surface area contributed by atoms with Crippen LogP contribution in [0, 0.1) is 0 Å². The Morgan fingerprint density at radius 3 is 2.52 bits per heavy atom. The van der Waals surface area contributed by atoms with E-state index in [9.17, 15) is 0 Å². The number of aryl methyl sites for hydroxylation is 1. The monoisotopic (exact) mass is 282 g/mol. The molecule has 3 aromatic rings. The van der Waals surface area contributed by atoms with Crippen molar-refractivity contribution >= 4 is 11.0 Å². The first kappa shape index (κ1) is 13.6. The predicted molar refractivity (Wildman–Crippen MR) is 81.1 cm³/mol. The summed E-state index contributed by atoms with van der Waals surface area (Å²) in [4.78, 5) is 0. The molecule has 0 bridgehead atoms. The first-order valence-electron chi connectivity index (χ1n) is 7.18. The average Bonchev–Trinajstić information content (AvgIpc) is 2.97. The molecule has 21 heavy (non-hydrogen) atoms. The van der Waals surface area contributed by atoms with Crippen molar-refractivity contribution in [2.75, 3.05) is 0 Å². The Morgan fingerprint density at radius 1 is 1.00 bits per heavy atom. The van der Waals surface area contributed by atoms with Crippen LogP contribution in [0.15, 0.2) is 24.3 Å². The molecule has 0 spiro atoms. The van der Waals surface area contributed by atoms with Gasteiger partial charge in [0.2, 0.25) is 0 Å².